The van der Waals surface area contributed by atoms with Crippen molar-refractivity contribution in [2.24, 2.45) is 0 Å². The first-order valence-corrected chi connectivity index (χ1v) is 16.4. The minimum atomic E-state index is -3.76. The van der Waals surface area contributed by atoms with Crippen LogP contribution in [0.25, 0.3) is 0 Å². The molecule has 4 atom stereocenters. The van der Waals surface area contributed by atoms with Gasteiger partial charge in [0, 0.05) is 0 Å². The molecule has 0 N–H and O–H groups in total. The van der Waals surface area contributed by atoms with Gasteiger partial charge in [-0.05, 0) is 0 Å². The van der Waals surface area contributed by atoms with Crippen molar-refractivity contribution in [1.82, 2.24) is 0 Å². The van der Waals surface area contributed by atoms with E-state index in [1.165, 1.54) is 0 Å². The second kappa shape index (κ2) is 1.10. The van der Waals surface area contributed by atoms with E-state index in [4.69, 9.17) is 0 Å². The molecule has 23 heavy (non-hydrogen) atoms. The van der Waals surface area contributed by atoms with E-state index in [9.17, 15) is 9.59 Å². The molecule has 1 spiro atoms. The Hall–Kier alpha value is -0.141. The monoisotopic (exact) mass is 354 g/mol. The molecule has 10 saturated heterocycles. The summed E-state index contributed by atoms with van der Waals surface area (Å²) in [5, 5.41) is 0. The van der Waals surface area contributed by atoms with Crippen LogP contribution in [-0.4, -0.2) is 11.6 Å². The fourth-order valence-corrected chi connectivity index (χ4v) is 95.2. The van der Waals surface area contributed by atoms with Gasteiger partial charge in [0.05, 0.1) is 0 Å². The van der Waals surface area contributed by atoms with Crippen molar-refractivity contribution in [2.75, 3.05) is 0 Å². The molecule has 10 fully saturated rings. The number of hydrogen-bond donors (Lipinski definition) is 0. The van der Waals surface area contributed by atoms with Gasteiger partial charge in [-0.3, -0.25) is 0 Å². The average molecular weight is 354 g/mol. The first-order chi connectivity index (χ1) is 10.9. The van der Waals surface area contributed by atoms with Gasteiger partial charge in [0.1, 0.15) is 0 Å². The number of unbranched alkanes of at least 4 members (excludes halogenated alkanes) is 2. The van der Waals surface area contributed by atoms with Gasteiger partial charge < -0.3 is 0 Å². The molecule has 10 rings (SSSR count). The van der Waals surface area contributed by atoms with Crippen molar-refractivity contribution >= 4 is 11.6 Å². The number of ketones is 2. The van der Waals surface area contributed by atoms with Gasteiger partial charge >= 0.3 is 127 Å². The Bertz CT molecular complexity index is 1080. The van der Waals surface area contributed by atoms with Crippen molar-refractivity contribution in [3.8, 4) is 0 Å². The molecule has 0 amide bonds. The number of rotatable bonds is 8. The molecule has 0 saturated carbocycles. The van der Waals surface area contributed by atoms with Gasteiger partial charge in [0.25, 0.3) is 0 Å². The van der Waals surface area contributed by atoms with Crippen molar-refractivity contribution in [2.45, 2.75) is 99.5 Å². The van der Waals surface area contributed by atoms with Crippen LogP contribution in [0.5, 0.6) is 0 Å². The molecule has 126 valence electrons. The van der Waals surface area contributed by atoms with E-state index < -0.39 is 6.51 Å². The second-order valence-corrected chi connectivity index (χ2v) is 36.0. The first kappa shape index (κ1) is 10.8. The zero-order valence-electron chi connectivity index (χ0n) is 14.0. The van der Waals surface area contributed by atoms with Crippen molar-refractivity contribution in [3.63, 3.8) is 0 Å². The SMILES string of the molecule is CCCCC(=O)[C]12[CH]3[CH]4[CH]5[C]1(C(=O)CCCC)[Fe]43521678[CH]2[CH]1[CH]6[CH]7[CH]28. The maximum atomic E-state index is 13.6. The van der Waals surface area contributed by atoms with Crippen LogP contribution in [-0.2, 0) is 16.1 Å². The van der Waals surface area contributed by atoms with Crippen LogP contribution in [0, 0.1) is 0 Å². The topological polar surface area (TPSA) is 34.1 Å². The number of carbonyl (C=O) groups is 2. The van der Waals surface area contributed by atoms with Crippen LogP contribution < -0.4 is 0 Å². The predicted molar refractivity (Wildman–Crippen MR) is 84.5 cm³/mol. The van der Waals surface area contributed by atoms with E-state index in [0.29, 0.717) is 11.6 Å². The number of hydrogen-bond acceptors (Lipinski definition) is 2. The van der Waals surface area contributed by atoms with Gasteiger partial charge in [-0.2, -0.15) is 0 Å². The summed E-state index contributed by atoms with van der Waals surface area (Å²) >= 11 is 0. The third kappa shape index (κ3) is 0.141. The van der Waals surface area contributed by atoms with Gasteiger partial charge in [-0.1, -0.05) is 0 Å². The minimum absolute atomic E-state index is 0.131. The molecular weight excluding hydrogens is 328 g/mol. The van der Waals surface area contributed by atoms with Gasteiger partial charge in [0.15, 0.2) is 0 Å². The Kier molecular flexibility index (Phi) is 0.516. The van der Waals surface area contributed by atoms with Gasteiger partial charge in [-0.25, -0.2) is 0 Å². The Balaban J connectivity index is 1.32. The Morgan fingerprint density at radius 3 is 1.39 bits per heavy atom. The molecule has 3 heteroatoms. The fraction of sp³-hybridized carbons (Fsp3) is 0.900. The standard InChI is InChI=1S/C15H21O2.C5H5.Fe/c1-3-5-10-14(16)12-8-7-9-13(12)15(17)11-6-4-2;1-2-4-5-3-1;/h7-9H,3-6,10-11H2,1-2H3;1-5H;. The Morgan fingerprint density at radius 1 is 0.739 bits per heavy atom. The molecular formula is C20H26FeO2. The Labute approximate surface area is 127 Å². The summed E-state index contributed by atoms with van der Waals surface area (Å²) in [6.45, 7) is 0.640. The summed E-state index contributed by atoms with van der Waals surface area (Å²) in [6, 6.07) is 0. The molecule has 4 unspecified atom stereocenters. The first-order valence-electron chi connectivity index (χ1n) is 10.2. The fourth-order valence-electron chi connectivity index (χ4n) is 19.2. The summed E-state index contributed by atoms with van der Waals surface area (Å²) in [7, 11) is 0. The van der Waals surface area contributed by atoms with Gasteiger partial charge in [-0.15, -0.1) is 0 Å². The average Bonchev–Trinajstić information content (AvgIpc) is 3.49. The number of fused-ring (bicyclic) bond motifs is 10. The van der Waals surface area contributed by atoms with E-state index >= 15 is 0 Å². The van der Waals surface area contributed by atoms with Crippen LogP contribution in [0.4, 0.5) is 0 Å². The summed E-state index contributed by atoms with van der Waals surface area (Å²) in [6.07, 6.45) is 6.06. The summed E-state index contributed by atoms with van der Waals surface area (Å²) < 4.78 is 0.262. The second-order valence-electron chi connectivity index (χ2n) is 12.8. The summed E-state index contributed by atoms with van der Waals surface area (Å²) in [4.78, 5) is 35.5. The zero-order valence-corrected chi connectivity index (χ0v) is 15.1. The molecule has 2 nitrogen and oxygen atoms in total. The molecule has 0 radical (unpaired) electrons. The normalized spacial score (nSPS) is 94.2. The maximum absolute atomic E-state index is 13.6. The number of carbonyl (C=O) groups excluding carboxylic acids is 2. The molecule has 0 aliphatic carbocycles. The molecule has 10 aliphatic heterocycles. The van der Waals surface area contributed by atoms with Crippen molar-refractivity contribution < 1.29 is 16.1 Å². The summed E-state index contributed by atoms with van der Waals surface area (Å²) in [5.41, 5.74) is 0. The molecule has 0 aromatic heterocycles. The van der Waals surface area contributed by atoms with Crippen LogP contribution in [0.1, 0.15) is 52.4 Å². The van der Waals surface area contributed by atoms with E-state index in [1.54, 1.807) is 0 Å². The van der Waals surface area contributed by atoms with Crippen LogP contribution >= 0.6 is 0 Å². The van der Waals surface area contributed by atoms with Crippen LogP contribution in [0.15, 0.2) is 0 Å². The van der Waals surface area contributed by atoms with Crippen molar-refractivity contribution in [1.29, 1.82) is 0 Å². The molecule has 0 aromatic rings. The molecule has 0 bridgehead atoms. The third-order valence-electron chi connectivity index (χ3n) is 17.2. The zero-order chi connectivity index (χ0) is 15.3. The quantitative estimate of drug-likeness (QED) is 0.529. The van der Waals surface area contributed by atoms with E-state index in [0.717, 1.165) is 77.1 Å². The predicted octanol–water partition coefficient (Wildman–Crippen LogP) is 5.63. The molecule has 10 aliphatic rings. The van der Waals surface area contributed by atoms with Crippen molar-refractivity contribution in [3.05, 3.63) is 0 Å². The third-order valence-corrected chi connectivity index (χ3v) is 60.0. The van der Waals surface area contributed by atoms with E-state index in [-0.39, 0.29) is 8.63 Å². The van der Waals surface area contributed by atoms with Gasteiger partial charge in [0.2, 0.25) is 0 Å². The van der Waals surface area contributed by atoms with Crippen LogP contribution in [0.2, 0.25) is 47.2 Å². The van der Waals surface area contributed by atoms with E-state index in [1.807, 2.05) is 0 Å². The number of Topliss-reactive ketones (excluding diaryl/α,β-unsaturated/α-hetero) is 2. The summed E-state index contributed by atoms with van der Waals surface area (Å²) in [5.74, 6) is 1.34. The molecule has 10 heterocycles. The Morgan fingerprint density at radius 2 is 1.13 bits per heavy atom. The van der Waals surface area contributed by atoms with Crippen LogP contribution in [0.3, 0.4) is 0 Å². The van der Waals surface area contributed by atoms with E-state index in [2.05, 4.69) is 13.8 Å². The molecule has 0 aromatic carbocycles.